The van der Waals surface area contributed by atoms with Crippen molar-refractivity contribution in [3.05, 3.63) is 29.8 Å². The molecule has 0 saturated carbocycles. The summed E-state index contributed by atoms with van der Waals surface area (Å²) in [5, 5.41) is 0. The Labute approximate surface area is 137 Å². The first-order valence-electron chi connectivity index (χ1n) is 8.83. The van der Waals surface area contributed by atoms with Crippen LogP contribution in [-0.4, -0.2) is 13.4 Å². The molecule has 0 saturated heterocycles. The molecule has 0 heterocycles. The number of hydrogen-bond donors (Lipinski definition) is 0. The van der Waals surface area contributed by atoms with Gasteiger partial charge < -0.3 is 9.47 Å². The topological polar surface area (TPSA) is 18.5 Å². The van der Waals surface area contributed by atoms with Crippen LogP contribution in [0.4, 0.5) is 0 Å². The molecule has 2 nitrogen and oxygen atoms in total. The molecular weight excluding hydrogens is 272 g/mol. The van der Waals surface area contributed by atoms with Crippen LogP contribution in [0.5, 0.6) is 5.75 Å². The molecule has 0 bridgehead atoms. The van der Waals surface area contributed by atoms with E-state index < -0.39 is 0 Å². The van der Waals surface area contributed by atoms with Crippen LogP contribution in [0, 0.1) is 5.41 Å². The molecule has 1 aromatic rings. The Kier molecular flexibility index (Phi) is 7.95. The normalized spacial score (nSPS) is 14.6. The molecule has 0 N–H and O–H groups in total. The highest BCUT2D eigenvalue weighted by atomic mass is 16.7. The monoisotopic (exact) mass is 306 g/mol. The highest BCUT2D eigenvalue weighted by Crippen LogP contribution is 2.36. The Balaban J connectivity index is 2.73. The Morgan fingerprint density at radius 2 is 1.50 bits per heavy atom. The van der Waals surface area contributed by atoms with Crippen molar-refractivity contribution in [2.45, 2.75) is 78.9 Å². The summed E-state index contributed by atoms with van der Waals surface area (Å²) in [6.07, 6.45) is 5.42. The van der Waals surface area contributed by atoms with Crippen molar-refractivity contribution in [3.8, 4) is 5.75 Å². The van der Waals surface area contributed by atoms with Crippen LogP contribution >= 0.6 is 0 Å². The summed E-state index contributed by atoms with van der Waals surface area (Å²) < 4.78 is 11.7. The van der Waals surface area contributed by atoms with Crippen LogP contribution in [0.1, 0.15) is 78.2 Å². The average molecular weight is 306 g/mol. The molecular formula is C20H34O2. The molecule has 0 amide bonds. The number of hydrogen-bond acceptors (Lipinski definition) is 2. The van der Waals surface area contributed by atoms with Crippen molar-refractivity contribution in [1.29, 1.82) is 0 Å². The van der Waals surface area contributed by atoms with Crippen LogP contribution in [0.3, 0.4) is 0 Å². The molecule has 0 aliphatic rings. The van der Waals surface area contributed by atoms with Crippen molar-refractivity contribution in [3.63, 3.8) is 0 Å². The highest BCUT2D eigenvalue weighted by molar-refractivity contribution is 5.29. The van der Waals surface area contributed by atoms with Crippen molar-refractivity contribution >= 4 is 0 Å². The summed E-state index contributed by atoms with van der Waals surface area (Å²) in [5.74, 6) is 1.50. The Hall–Kier alpha value is -1.02. The Morgan fingerprint density at radius 1 is 0.955 bits per heavy atom. The van der Waals surface area contributed by atoms with Crippen LogP contribution in [-0.2, 0) is 4.74 Å². The first-order valence-corrected chi connectivity index (χ1v) is 8.83. The third-order valence-corrected chi connectivity index (χ3v) is 5.44. The van der Waals surface area contributed by atoms with Crippen LogP contribution in [0.15, 0.2) is 24.3 Å². The zero-order valence-corrected chi connectivity index (χ0v) is 15.3. The van der Waals surface area contributed by atoms with Gasteiger partial charge in [0.1, 0.15) is 5.75 Å². The lowest BCUT2D eigenvalue weighted by molar-refractivity contribution is -0.0848. The predicted octanol–water partition coefficient (Wildman–Crippen LogP) is 6.16. The molecule has 0 aromatic heterocycles. The first kappa shape index (κ1) is 19.0. The van der Waals surface area contributed by atoms with Crippen molar-refractivity contribution in [2.75, 3.05) is 7.11 Å². The quantitative estimate of drug-likeness (QED) is 0.482. The molecule has 2 heteroatoms. The van der Waals surface area contributed by atoms with Crippen molar-refractivity contribution in [1.82, 2.24) is 0 Å². The van der Waals surface area contributed by atoms with E-state index in [4.69, 9.17) is 9.47 Å². The first-order chi connectivity index (χ1) is 10.5. The summed E-state index contributed by atoms with van der Waals surface area (Å²) in [7, 11) is 1.74. The van der Waals surface area contributed by atoms with Crippen LogP contribution in [0.25, 0.3) is 0 Å². The van der Waals surface area contributed by atoms with Crippen LogP contribution in [0.2, 0.25) is 0 Å². The minimum Gasteiger partial charge on any atom is -0.465 e. The van der Waals surface area contributed by atoms with Gasteiger partial charge in [0.2, 0.25) is 0 Å². The van der Waals surface area contributed by atoms with Gasteiger partial charge in [-0.15, -0.1) is 0 Å². The lowest BCUT2D eigenvalue weighted by Gasteiger charge is -2.33. The molecule has 0 spiro atoms. The molecule has 0 aliphatic heterocycles. The largest absolute Gasteiger partial charge is 0.465 e. The molecule has 0 radical (unpaired) electrons. The maximum atomic E-state index is 6.07. The molecule has 2 atom stereocenters. The summed E-state index contributed by atoms with van der Waals surface area (Å²) in [6.45, 7) is 11.3. The second-order valence-corrected chi connectivity index (χ2v) is 6.43. The van der Waals surface area contributed by atoms with E-state index in [1.54, 1.807) is 7.11 Å². The number of ether oxygens (including phenoxy) is 2. The Bertz CT molecular complexity index is 398. The zero-order chi connectivity index (χ0) is 16.6. The minimum absolute atomic E-state index is 0.172. The van der Waals surface area contributed by atoms with Gasteiger partial charge in [-0.3, -0.25) is 0 Å². The predicted molar refractivity (Wildman–Crippen MR) is 94.5 cm³/mol. The minimum atomic E-state index is -0.172. The van der Waals surface area contributed by atoms with Gasteiger partial charge in [0, 0.05) is 13.5 Å². The molecule has 126 valence electrons. The van der Waals surface area contributed by atoms with Gasteiger partial charge in [0.15, 0.2) is 6.29 Å². The highest BCUT2D eigenvalue weighted by Gasteiger charge is 2.29. The van der Waals surface area contributed by atoms with E-state index in [1.807, 2.05) is 0 Å². The van der Waals surface area contributed by atoms with Gasteiger partial charge in [-0.1, -0.05) is 66.0 Å². The van der Waals surface area contributed by atoms with E-state index in [0.717, 1.165) is 37.9 Å². The fourth-order valence-corrected chi connectivity index (χ4v) is 2.97. The van der Waals surface area contributed by atoms with E-state index in [0.29, 0.717) is 11.3 Å². The van der Waals surface area contributed by atoms with E-state index >= 15 is 0 Å². The average Bonchev–Trinajstić information content (AvgIpc) is 2.58. The van der Waals surface area contributed by atoms with Crippen molar-refractivity contribution in [2.24, 2.45) is 5.41 Å². The lowest BCUT2D eigenvalue weighted by atomic mass is 9.77. The summed E-state index contributed by atoms with van der Waals surface area (Å²) >= 11 is 0. The Morgan fingerprint density at radius 3 is 1.91 bits per heavy atom. The van der Waals surface area contributed by atoms with Gasteiger partial charge >= 0.3 is 0 Å². The third-order valence-electron chi connectivity index (χ3n) is 5.44. The molecule has 0 aliphatic carbocycles. The van der Waals surface area contributed by atoms with E-state index in [9.17, 15) is 0 Å². The van der Waals surface area contributed by atoms with E-state index in [1.165, 1.54) is 5.56 Å². The molecule has 0 fully saturated rings. The maximum absolute atomic E-state index is 6.07. The third kappa shape index (κ3) is 5.01. The maximum Gasteiger partial charge on any atom is 0.200 e. The zero-order valence-electron chi connectivity index (χ0n) is 15.3. The summed E-state index contributed by atoms with van der Waals surface area (Å²) in [4.78, 5) is 0. The smallest absolute Gasteiger partial charge is 0.200 e. The molecule has 1 rings (SSSR count). The lowest BCUT2D eigenvalue weighted by Crippen LogP contribution is -2.30. The SMILES string of the molecule is CCC(C)c1ccc(OC(CC(CC)(CC)CC)OC)cc1. The van der Waals surface area contributed by atoms with Gasteiger partial charge in [-0.05, 0) is 35.4 Å². The molecule has 1 aromatic carbocycles. The van der Waals surface area contributed by atoms with Gasteiger partial charge in [-0.2, -0.15) is 0 Å². The standard InChI is InChI=1S/C20H34O2/c1-7-16(5)17-11-13-18(14-12-17)22-19(21-6)15-20(8-2,9-3)10-4/h11-14,16,19H,7-10,15H2,1-6H3. The second kappa shape index (κ2) is 9.19. The van der Waals surface area contributed by atoms with E-state index in [2.05, 4.69) is 58.9 Å². The van der Waals surface area contributed by atoms with Gasteiger partial charge in [0.25, 0.3) is 0 Å². The number of rotatable bonds is 10. The number of methoxy groups -OCH3 is 1. The second-order valence-electron chi connectivity index (χ2n) is 6.43. The number of benzene rings is 1. The van der Waals surface area contributed by atoms with E-state index in [-0.39, 0.29) is 6.29 Å². The molecule has 22 heavy (non-hydrogen) atoms. The van der Waals surface area contributed by atoms with Crippen LogP contribution < -0.4 is 4.74 Å². The summed E-state index contributed by atoms with van der Waals surface area (Å²) in [6, 6.07) is 8.48. The van der Waals surface area contributed by atoms with Gasteiger partial charge in [0.05, 0.1) is 0 Å². The fraction of sp³-hybridized carbons (Fsp3) is 0.700. The molecule has 2 unspecified atom stereocenters. The van der Waals surface area contributed by atoms with Gasteiger partial charge in [-0.25, -0.2) is 0 Å². The van der Waals surface area contributed by atoms with Crippen molar-refractivity contribution < 1.29 is 9.47 Å². The summed E-state index contributed by atoms with van der Waals surface area (Å²) in [5.41, 5.74) is 1.69. The fourth-order valence-electron chi connectivity index (χ4n) is 2.97.